The predicted molar refractivity (Wildman–Crippen MR) is 66.0 cm³/mol. The van der Waals surface area contributed by atoms with Gasteiger partial charge >= 0.3 is 0 Å². The SMILES string of the molecule is CCOC1(C(=O)CC2CCCC2)CCOCC1. The zero-order chi connectivity index (χ0) is 12.1. The second-order valence-electron chi connectivity index (χ2n) is 5.32. The summed E-state index contributed by atoms with van der Waals surface area (Å²) in [5, 5.41) is 0. The van der Waals surface area contributed by atoms with Crippen molar-refractivity contribution in [3.8, 4) is 0 Å². The summed E-state index contributed by atoms with van der Waals surface area (Å²) in [5.41, 5.74) is -0.518. The lowest BCUT2D eigenvalue weighted by molar-refractivity contribution is -0.158. The van der Waals surface area contributed by atoms with Crippen LogP contribution in [0.3, 0.4) is 0 Å². The first kappa shape index (κ1) is 13.0. The quantitative estimate of drug-likeness (QED) is 0.741. The van der Waals surface area contributed by atoms with Gasteiger partial charge in [-0.2, -0.15) is 0 Å². The standard InChI is InChI=1S/C14H24O3/c1-2-17-14(7-9-16-10-8-14)13(15)11-12-5-3-4-6-12/h12H,2-11H2,1H3. The van der Waals surface area contributed by atoms with Crippen molar-refractivity contribution in [1.82, 2.24) is 0 Å². The van der Waals surface area contributed by atoms with E-state index in [1.165, 1.54) is 25.7 Å². The van der Waals surface area contributed by atoms with E-state index in [0.717, 1.165) is 19.3 Å². The molecule has 0 aromatic heterocycles. The highest BCUT2D eigenvalue weighted by Crippen LogP contribution is 2.33. The minimum Gasteiger partial charge on any atom is -0.381 e. The molecule has 1 saturated heterocycles. The number of hydrogen-bond acceptors (Lipinski definition) is 3. The fraction of sp³-hybridized carbons (Fsp3) is 0.929. The Hall–Kier alpha value is -0.410. The van der Waals surface area contributed by atoms with Crippen molar-refractivity contribution in [1.29, 1.82) is 0 Å². The summed E-state index contributed by atoms with van der Waals surface area (Å²) in [6, 6.07) is 0. The Morgan fingerprint density at radius 3 is 2.53 bits per heavy atom. The van der Waals surface area contributed by atoms with Crippen LogP contribution in [0.4, 0.5) is 0 Å². The Labute approximate surface area is 104 Å². The molecule has 2 rings (SSSR count). The summed E-state index contributed by atoms with van der Waals surface area (Å²) < 4.78 is 11.2. The van der Waals surface area contributed by atoms with Crippen LogP contribution >= 0.6 is 0 Å². The van der Waals surface area contributed by atoms with Crippen molar-refractivity contribution in [2.24, 2.45) is 5.92 Å². The Bertz CT molecular complexity index is 245. The van der Waals surface area contributed by atoms with Crippen LogP contribution in [0.1, 0.15) is 51.9 Å². The van der Waals surface area contributed by atoms with Crippen LogP contribution in [-0.2, 0) is 14.3 Å². The molecular formula is C14H24O3. The average molecular weight is 240 g/mol. The molecule has 0 amide bonds. The highest BCUT2D eigenvalue weighted by Gasteiger charge is 2.41. The van der Waals surface area contributed by atoms with E-state index >= 15 is 0 Å². The molecule has 0 radical (unpaired) electrons. The number of ketones is 1. The minimum absolute atomic E-state index is 0.328. The van der Waals surface area contributed by atoms with Gasteiger partial charge < -0.3 is 9.47 Å². The number of Topliss-reactive ketones (excluding diaryl/α,β-unsaturated/α-hetero) is 1. The van der Waals surface area contributed by atoms with Crippen LogP contribution in [0.15, 0.2) is 0 Å². The topological polar surface area (TPSA) is 35.5 Å². The van der Waals surface area contributed by atoms with Gasteiger partial charge in [0.2, 0.25) is 0 Å². The third kappa shape index (κ3) is 3.08. The van der Waals surface area contributed by atoms with E-state index in [1.54, 1.807) is 0 Å². The first-order chi connectivity index (χ1) is 8.27. The molecule has 0 aromatic rings. The monoisotopic (exact) mass is 240 g/mol. The predicted octanol–water partition coefficient (Wildman–Crippen LogP) is 2.72. The van der Waals surface area contributed by atoms with Crippen molar-refractivity contribution < 1.29 is 14.3 Å². The van der Waals surface area contributed by atoms with Crippen molar-refractivity contribution >= 4 is 5.78 Å². The molecule has 1 aliphatic heterocycles. The van der Waals surface area contributed by atoms with Crippen molar-refractivity contribution in [3.63, 3.8) is 0 Å². The molecule has 1 saturated carbocycles. The lowest BCUT2D eigenvalue weighted by Crippen LogP contribution is -2.47. The van der Waals surface area contributed by atoms with Gasteiger partial charge in [0.05, 0.1) is 0 Å². The molecule has 2 aliphatic rings. The van der Waals surface area contributed by atoms with Crippen LogP contribution in [0.25, 0.3) is 0 Å². The van der Waals surface area contributed by atoms with Crippen molar-refractivity contribution in [2.75, 3.05) is 19.8 Å². The summed E-state index contributed by atoms with van der Waals surface area (Å²) in [7, 11) is 0. The van der Waals surface area contributed by atoms with Crippen LogP contribution in [0.2, 0.25) is 0 Å². The van der Waals surface area contributed by atoms with Gasteiger partial charge in [-0.1, -0.05) is 25.7 Å². The summed E-state index contributed by atoms with van der Waals surface area (Å²) >= 11 is 0. The number of carbonyl (C=O) groups excluding carboxylic acids is 1. The molecule has 0 atom stereocenters. The second kappa shape index (κ2) is 5.96. The normalized spacial score (nSPS) is 25.0. The zero-order valence-corrected chi connectivity index (χ0v) is 10.9. The summed E-state index contributed by atoms with van der Waals surface area (Å²) in [5.74, 6) is 0.942. The lowest BCUT2D eigenvalue weighted by atomic mass is 9.84. The van der Waals surface area contributed by atoms with Gasteiger partial charge in [0.15, 0.2) is 5.78 Å². The van der Waals surface area contributed by atoms with Crippen LogP contribution in [0.5, 0.6) is 0 Å². The van der Waals surface area contributed by atoms with E-state index in [4.69, 9.17) is 9.47 Å². The molecule has 0 aromatic carbocycles. The minimum atomic E-state index is -0.518. The van der Waals surface area contributed by atoms with Gasteiger partial charge in [0, 0.05) is 39.1 Å². The molecule has 17 heavy (non-hydrogen) atoms. The Morgan fingerprint density at radius 1 is 1.29 bits per heavy atom. The van der Waals surface area contributed by atoms with Gasteiger partial charge in [-0.25, -0.2) is 0 Å². The van der Waals surface area contributed by atoms with Crippen molar-refractivity contribution in [2.45, 2.75) is 57.5 Å². The summed E-state index contributed by atoms with van der Waals surface area (Å²) in [6.45, 7) is 3.92. The smallest absolute Gasteiger partial charge is 0.165 e. The molecule has 1 aliphatic carbocycles. The molecule has 1 heterocycles. The van der Waals surface area contributed by atoms with Gasteiger partial charge in [-0.05, 0) is 12.8 Å². The number of rotatable bonds is 5. The molecule has 98 valence electrons. The largest absolute Gasteiger partial charge is 0.381 e. The summed E-state index contributed by atoms with van der Waals surface area (Å²) in [4.78, 5) is 12.5. The number of hydrogen-bond donors (Lipinski definition) is 0. The Balaban J connectivity index is 1.96. The first-order valence-electron chi connectivity index (χ1n) is 7.02. The van der Waals surface area contributed by atoms with E-state index in [-0.39, 0.29) is 0 Å². The molecule has 0 bridgehead atoms. The van der Waals surface area contributed by atoms with E-state index < -0.39 is 5.60 Å². The molecular weight excluding hydrogens is 216 g/mol. The zero-order valence-electron chi connectivity index (χ0n) is 10.9. The fourth-order valence-corrected chi connectivity index (χ4v) is 3.14. The van der Waals surface area contributed by atoms with Crippen LogP contribution < -0.4 is 0 Å². The lowest BCUT2D eigenvalue weighted by Gasteiger charge is -2.36. The van der Waals surface area contributed by atoms with Gasteiger partial charge in [-0.3, -0.25) is 4.79 Å². The molecule has 0 unspecified atom stereocenters. The van der Waals surface area contributed by atoms with Crippen LogP contribution in [-0.4, -0.2) is 31.2 Å². The van der Waals surface area contributed by atoms with E-state index in [0.29, 0.717) is 31.5 Å². The van der Waals surface area contributed by atoms with E-state index in [1.807, 2.05) is 6.92 Å². The summed E-state index contributed by atoms with van der Waals surface area (Å²) in [6.07, 6.45) is 7.25. The van der Waals surface area contributed by atoms with Gasteiger partial charge in [-0.15, -0.1) is 0 Å². The van der Waals surface area contributed by atoms with Crippen molar-refractivity contribution in [3.05, 3.63) is 0 Å². The molecule has 3 heteroatoms. The molecule has 0 spiro atoms. The Morgan fingerprint density at radius 2 is 1.94 bits per heavy atom. The van der Waals surface area contributed by atoms with Crippen LogP contribution in [0, 0.1) is 5.92 Å². The highest BCUT2D eigenvalue weighted by atomic mass is 16.5. The number of carbonyl (C=O) groups is 1. The molecule has 2 fully saturated rings. The average Bonchev–Trinajstić information content (AvgIpc) is 2.83. The van der Waals surface area contributed by atoms with E-state index in [2.05, 4.69) is 0 Å². The van der Waals surface area contributed by atoms with Gasteiger partial charge in [0.1, 0.15) is 5.60 Å². The maximum atomic E-state index is 12.5. The molecule has 0 N–H and O–H groups in total. The number of ether oxygens (including phenoxy) is 2. The second-order valence-corrected chi connectivity index (χ2v) is 5.32. The van der Waals surface area contributed by atoms with E-state index in [9.17, 15) is 4.79 Å². The Kier molecular flexibility index (Phi) is 4.57. The maximum Gasteiger partial charge on any atom is 0.165 e. The maximum absolute atomic E-state index is 12.5. The first-order valence-corrected chi connectivity index (χ1v) is 7.02. The third-order valence-electron chi connectivity index (χ3n) is 4.18. The molecule has 3 nitrogen and oxygen atoms in total. The van der Waals surface area contributed by atoms with Gasteiger partial charge in [0.25, 0.3) is 0 Å². The third-order valence-corrected chi connectivity index (χ3v) is 4.18. The fourth-order valence-electron chi connectivity index (χ4n) is 3.14. The highest BCUT2D eigenvalue weighted by molar-refractivity contribution is 5.87.